The van der Waals surface area contributed by atoms with Crippen LogP contribution in [-0.2, 0) is 11.3 Å². The summed E-state index contributed by atoms with van der Waals surface area (Å²) in [5, 5.41) is 4.16. The van der Waals surface area contributed by atoms with Crippen molar-refractivity contribution in [2.45, 2.75) is 6.54 Å². The maximum absolute atomic E-state index is 12.7. The molecule has 29 heavy (non-hydrogen) atoms. The van der Waals surface area contributed by atoms with Gasteiger partial charge in [-0.3, -0.25) is 4.79 Å². The van der Waals surface area contributed by atoms with Gasteiger partial charge in [0.1, 0.15) is 5.82 Å². The summed E-state index contributed by atoms with van der Waals surface area (Å²) in [6, 6.07) is 11.8. The third-order valence-electron chi connectivity index (χ3n) is 5.17. The Morgan fingerprint density at radius 2 is 2.00 bits per heavy atom. The van der Waals surface area contributed by atoms with Crippen LogP contribution in [0, 0.1) is 0 Å². The normalized spacial score (nSPS) is 14.5. The molecule has 0 radical (unpaired) electrons. The average Bonchev–Trinajstić information content (AvgIpc) is 3.15. The molecule has 0 bridgehead atoms. The van der Waals surface area contributed by atoms with E-state index in [4.69, 9.17) is 4.74 Å². The number of hydrogen-bond donors (Lipinski definition) is 1. The Morgan fingerprint density at radius 3 is 2.72 bits per heavy atom. The molecule has 3 aromatic rings. The number of pyridine rings is 1. The number of fused-ring (bicyclic) bond motifs is 1. The standard InChI is InChI=1S/C22H27N5O2/c1-25(2)9-10-26-8-7-17-3-5-19(15-20(17)26)24-22(28)18-4-6-21(23-16-18)27-11-13-29-14-12-27/h3-8,15-16H,9-14H2,1-2H3,(H,24,28). The van der Waals surface area contributed by atoms with E-state index in [2.05, 4.69) is 51.0 Å². The van der Waals surface area contributed by atoms with E-state index in [-0.39, 0.29) is 5.91 Å². The lowest BCUT2D eigenvalue weighted by Gasteiger charge is -2.27. The Labute approximate surface area is 170 Å². The summed E-state index contributed by atoms with van der Waals surface area (Å²) >= 11 is 0. The highest BCUT2D eigenvalue weighted by molar-refractivity contribution is 6.05. The van der Waals surface area contributed by atoms with Gasteiger partial charge < -0.3 is 24.4 Å². The van der Waals surface area contributed by atoms with Crippen LogP contribution < -0.4 is 10.2 Å². The summed E-state index contributed by atoms with van der Waals surface area (Å²) in [4.78, 5) is 21.5. The molecule has 0 atom stereocenters. The summed E-state index contributed by atoms with van der Waals surface area (Å²) < 4.78 is 7.58. The third-order valence-corrected chi connectivity index (χ3v) is 5.17. The molecule has 1 saturated heterocycles. The van der Waals surface area contributed by atoms with Crippen molar-refractivity contribution in [3.8, 4) is 0 Å². The van der Waals surface area contributed by atoms with E-state index in [0.29, 0.717) is 18.8 Å². The molecule has 2 aromatic heterocycles. The Balaban J connectivity index is 1.46. The summed E-state index contributed by atoms with van der Waals surface area (Å²) in [7, 11) is 4.13. The van der Waals surface area contributed by atoms with Gasteiger partial charge in [0, 0.05) is 44.3 Å². The fraction of sp³-hybridized carbons (Fsp3) is 0.364. The molecule has 0 saturated carbocycles. The number of rotatable bonds is 6. The van der Waals surface area contributed by atoms with Crippen molar-refractivity contribution in [3.63, 3.8) is 0 Å². The van der Waals surface area contributed by atoms with E-state index < -0.39 is 0 Å². The van der Waals surface area contributed by atoms with Crippen molar-refractivity contribution in [1.82, 2.24) is 14.5 Å². The number of carbonyl (C=O) groups excluding carboxylic acids is 1. The van der Waals surface area contributed by atoms with Crippen LogP contribution in [0.1, 0.15) is 10.4 Å². The first-order chi connectivity index (χ1) is 14.1. The molecule has 1 aliphatic rings. The summed E-state index contributed by atoms with van der Waals surface area (Å²) in [5.41, 5.74) is 2.44. The monoisotopic (exact) mass is 393 g/mol. The van der Waals surface area contributed by atoms with Gasteiger partial charge in [0.25, 0.3) is 5.91 Å². The number of nitrogens with zero attached hydrogens (tertiary/aromatic N) is 4. The van der Waals surface area contributed by atoms with Crippen LogP contribution in [0.25, 0.3) is 10.9 Å². The molecule has 152 valence electrons. The number of morpholine rings is 1. The molecule has 1 N–H and O–H groups in total. The number of benzene rings is 1. The fourth-order valence-corrected chi connectivity index (χ4v) is 3.47. The van der Waals surface area contributed by atoms with E-state index in [9.17, 15) is 4.79 Å². The number of likely N-dealkylation sites (N-methyl/N-ethyl adjacent to an activating group) is 1. The van der Waals surface area contributed by atoms with E-state index in [1.165, 1.54) is 5.39 Å². The van der Waals surface area contributed by atoms with Gasteiger partial charge in [-0.15, -0.1) is 0 Å². The average molecular weight is 393 g/mol. The van der Waals surface area contributed by atoms with Crippen LogP contribution in [0.4, 0.5) is 11.5 Å². The van der Waals surface area contributed by atoms with Gasteiger partial charge in [-0.2, -0.15) is 0 Å². The first kappa shape index (κ1) is 19.4. The predicted molar refractivity (Wildman–Crippen MR) is 116 cm³/mol. The van der Waals surface area contributed by atoms with Gasteiger partial charge in [-0.05, 0) is 49.8 Å². The SMILES string of the molecule is CN(C)CCn1ccc2ccc(NC(=O)c3ccc(N4CCOCC4)nc3)cc21. The van der Waals surface area contributed by atoms with Gasteiger partial charge in [0.05, 0.1) is 24.3 Å². The minimum atomic E-state index is -0.156. The summed E-state index contributed by atoms with van der Waals surface area (Å²) in [6.07, 6.45) is 3.73. The van der Waals surface area contributed by atoms with E-state index in [0.717, 1.165) is 43.2 Å². The lowest BCUT2D eigenvalue weighted by molar-refractivity contribution is 0.102. The second-order valence-corrected chi connectivity index (χ2v) is 7.54. The molecule has 1 fully saturated rings. The highest BCUT2D eigenvalue weighted by atomic mass is 16.5. The van der Waals surface area contributed by atoms with Crippen LogP contribution in [-0.4, -0.2) is 67.3 Å². The maximum Gasteiger partial charge on any atom is 0.257 e. The molecule has 0 spiro atoms. The molecule has 1 amide bonds. The molecule has 3 heterocycles. The third kappa shape index (κ3) is 4.58. The van der Waals surface area contributed by atoms with Gasteiger partial charge in [-0.1, -0.05) is 6.07 Å². The molecule has 7 heteroatoms. The lowest BCUT2D eigenvalue weighted by atomic mass is 10.2. The zero-order valence-corrected chi connectivity index (χ0v) is 17.0. The second kappa shape index (κ2) is 8.63. The van der Waals surface area contributed by atoms with Crippen LogP contribution in [0.15, 0.2) is 48.8 Å². The fourth-order valence-electron chi connectivity index (χ4n) is 3.47. The highest BCUT2D eigenvalue weighted by Crippen LogP contribution is 2.21. The number of nitrogens with one attached hydrogen (secondary N) is 1. The topological polar surface area (TPSA) is 62.6 Å². The number of aromatic nitrogens is 2. The van der Waals surface area contributed by atoms with Crippen molar-refractivity contribution in [3.05, 3.63) is 54.4 Å². The van der Waals surface area contributed by atoms with Gasteiger partial charge in [0.15, 0.2) is 0 Å². The number of amides is 1. The Kier molecular flexibility index (Phi) is 5.78. The molecule has 0 unspecified atom stereocenters. The quantitative estimate of drug-likeness (QED) is 0.698. The smallest absolute Gasteiger partial charge is 0.257 e. The van der Waals surface area contributed by atoms with Crippen LogP contribution >= 0.6 is 0 Å². The lowest BCUT2D eigenvalue weighted by Crippen LogP contribution is -2.36. The maximum atomic E-state index is 12.7. The van der Waals surface area contributed by atoms with Crippen molar-refractivity contribution in [2.24, 2.45) is 0 Å². The molecule has 1 aromatic carbocycles. The van der Waals surface area contributed by atoms with Crippen molar-refractivity contribution < 1.29 is 9.53 Å². The minimum absolute atomic E-state index is 0.156. The molecule has 7 nitrogen and oxygen atoms in total. The number of carbonyl (C=O) groups is 1. The molecular weight excluding hydrogens is 366 g/mol. The minimum Gasteiger partial charge on any atom is -0.378 e. The Bertz CT molecular complexity index is 975. The van der Waals surface area contributed by atoms with E-state index in [1.807, 2.05) is 30.3 Å². The van der Waals surface area contributed by atoms with Crippen molar-refractivity contribution >= 4 is 28.3 Å². The second-order valence-electron chi connectivity index (χ2n) is 7.54. The molecule has 0 aliphatic carbocycles. The first-order valence-corrected chi connectivity index (χ1v) is 9.94. The largest absolute Gasteiger partial charge is 0.378 e. The zero-order chi connectivity index (χ0) is 20.2. The zero-order valence-electron chi connectivity index (χ0n) is 17.0. The highest BCUT2D eigenvalue weighted by Gasteiger charge is 2.14. The van der Waals surface area contributed by atoms with Crippen molar-refractivity contribution in [1.29, 1.82) is 0 Å². The summed E-state index contributed by atoms with van der Waals surface area (Å²) in [5.74, 6) is 0.724. The molecular formula is C22H27N5O2. The number of ether oxygens (including phenoxy) is 1. The van der Waals surface area contributed by atoms with Gasteiger partial charge in [-0.25, -0.2) is 4.98 Å². The predicted octanol–water partition coefficient (Wildman–Crippen LogP) is 2.69. The summed E-state index contributed by atoms with van der Waals surface area (Å²) in [6.45, 7) is 4.94. The van der Waals surface area contributed by atoms with E-state index >= 15 is 0 Å². The van der Waals surface area contributed by atoms with Crippen LogP contribution in [0.2, 0.25) is 0 Å². The molecule has 1 aliphatic heterocycles. The number of hydrogen-bond acceptors (Lipinski definition) is 5. The van der Waals surface area contributed by atoms with Gasteiger partial charge in [0.2, 0.25) is 0 Å². The van der Waals surface area contributed by atoms with Gasteiger partial charge >= 0.3 is 0 Å². The van der Waals surface area contributed by atoms with E-state index in [1.54, 1.807) is 6.20 Å². The Hall–Kier alpha value is -2.90. The first-order valence-electron chi connectivity index (χ1n) is 9.94. The molecule has 4 rings (SSSR count). The number of anilines is 2. The van der Waals surface area contributed by atoms with Crippen LogP contribution in [0.3, 0.4) is 0 Å². The van der Waals surface area contributed by atoms with Crippen LogP contribution in [0.5, 0.6) is 0 Å². The van der Waals surface area contributed by atoms with Crippen molar-refractivity contribution in [2.75, 3.05) is 57.2 Å². The Morgan fingerprint density at radius 1 is 1.17 bits per heavy atom.